The maximum atomic E-state index is 15.0. The van der Waals surface area contributed by atoms with Crippen molar-refractivity contribution in [2.45, 2.75) is 76.5 Å². The molecule has 2 N–H and O–H groups in total. The number of anilines is 2. The molecule has 0 spiro atoms. The number of hydrogen-bond acceptors (Lipinski definition) is 9. The van der Waals surface area contributed by atoms with Crippen molar-refractivity contribution in [2.75, 3.05) is 29.6 Å². The lowest BCUT2D eigenvalue weighted by Gasteiger charge is -2.40. The maximum Gasteiger partial charge on any atom is 0.407 e. The minimum Gasteiger partial charge on any atom is -0.456 e. The Kier molecular flexibility index (Phi) is 10.3. The standard InChI is InChI=1S/C34H38F3N5O6S/c1-17-11-19(39-33(45)48-34(3,4)5)16-42(15-17)31-21-7-10-27(47-18(2)43)29(21)38-14-26(31)41-32(44)25-9-8-22(35)30(40-25)28-23(36)12-20(49(6)46)13-24(28)37/h8-9,12-14,17,19,27H,7,10-11,15-16H2,1-6H3,(H,39,45)(H,41,44). The molecule has 3 heterocycles. The summed E-state index contributed by atoms with van der Waals surface area (Å²) in [6, 6.07) is 3.32. The van der Waals surface area contributed by atoms with Crippen LogP contribution in [-0.2, 0) is 31.5 Å². The molecule has 49 heavy (non-hydrogen) atoms. The first-order valence-corrected chi connectivity index (χ1v) is 17.3. The third-order valence-electron chi connectivity index (χ3n) is 8.06. The predicted octanol–water partition coefficient (Wildman–Crippen LogP) is 5.84. The molecule has 3 aromatic rings. The predicted molar refractivity (Wildman–Crippen MR) is 176 cm³/mol. The normalized spacial score (nSPS) is 19.5. The molecule has 2 aliphatic rings. The number of esters is 1. The fourth-order valence-corrected chi connectivity index (χ4v) is 6.79. The molecule has 4 unspecified atom stereocenters. The zero-order chi connectivity index (χ0) is 35.8. The first-order valence-electron chi connectivity index (χ1n) is 15.7. The first kappa shape index (κ1) is 35.8. The van der Waals surface area contributed by atoms with Gasteiger partial charge in [-0.3, -0.25) is 18.8 Å². The Balaban J connectivity index is 1.50. The Morgan fingerprint density at radius 2 is 1.76 bits per heavy atom. The van der Waals surface area contributed by atoms with Crippen molar-refractivity contribution in [1.82, 2.24) is 15.3 Å². The topological polar surface area (TPSA) is 140 Å². The van der Waals surface area contributed by atoms with E-state index in [1.54, 1.807) is 20.8 Å². The molecular weight excluding hydrogens is 663 g/mol. The molecule has 0 bridgehead atoms. The molecule has 1 saturated heterocycles. The highest BCUT2D eigenvalue weighted by Gasteiger charge is 2.36. The summed E-state index contributed by atoms with van der Waals surface area (Å²) in [5.74, 6) is -4.60. The largest absolute Gasteiger partial charge is 0.456 e. The van der Waals surface area contributed by atoms with Gasteiger partial charge in [0.05, 0.1) is 28.8 Å². The van der Waals surface area contributed by atoms with Crippen LogP contribution in [-0.4, -0.2) is 63.1 Å². The van der Waals surface area contributed by atoms with Gasteiger partial charge in [0, 0.05) is 53.6 Å². The number of carbonyl (C=O) groups is 3. The van der Waals surface area contributed by atoms with E-state index in [9.17, 15) is 31.8 Å². The van der Waals surface area contributed by atoms with Crippen LogP contribution >= 0.6 is 0 Å². The van der Waals surface area contributed by atoms with E-state index in [0.717, 1.165) is 29.8 Å². The summed E-state index contributed by atoms with van der Waals surface area (Å²) in [6.45, 7) is 9.58. The number of carbonyl (C=O) groups excluding carboxylic acids is 3. The zero-order valence-corrected chi connectivity index (χ0v) is 28.8. The number of ether oxygens (including phenoxy) is 2. The third-order valence-corrected chi connectivity index (χ3v) is 8.96. The lowest BCUT2D eigenvalue weighted by atomic mass is 9.94. The van der Waals surface area contributed by atoms with Crippen LogP contribution in [0.4, 0.5) is 29.3 Å². The van der Waals surface area contributed by atoms with E-state index in [4.69, 9.17) is 9.47 Å². The molecular formula is C34H38F3N5O6S. The van der Waals surface area contributed by atoms with E-state index < -0.39 is 69.2 Å². The number of piperidine rings is 1. The van der Waals surface area contributed by atoms with E-state index in [-0.39, 0.29) is 28.2 Å². The second kappa shape index (κ2) is 14.1. The lowest BCUT2D eigenvalue weighted by molar-refractivity contribution is -0.146. The van der Waals surface area contributed by atoms with E-state index in [1.807, 2.05) is 11.8 Å². The Morgan fingerprint density at radius 1 is 1.06 bits per heavy atom. The van der Waals surface area contributed by atoms with Gasteiger partial charge in [-0.2, -0.15) is 0 Å². The van der Waals surface area contributed by atoms with Gasteiger partial charge in [0.15, 0.2) is 0 Å². The highest BCUT2D eigenvalue weighted by molar-refractivity contribution is 7.84. The fraction of sp³-hybridized carbons (Fsp3) is 0.441. The minimum atomic E-state index is -1.70. The van der Waals surface area contributed by atoms with Crippen molar-refractivity contribution < 1.29 is 41.2 Å². The Hall–Kier alpha value is -4.53. The zero-order valence-electron chi connectivity index (χ0n) is 28.0. The van der Waals surface area contributed by atoms with Crippen LogP contribution in [0, 0.1) is 23.4 Å². The van der Waals surface area contributed by atoms with Crippen molar-refractivity contribution in [3.8, 4) is 11.3 Å². The molecule has 0 saturated carbocycles. The number of amides is 2. The summed E-state index contributed by atoms with van der Waals surface area (Å²) in [7, 11) is -1.70. The van der Waals surface area contributed by atoms with Crippen molar-refractivity contribution in [1.29, 1.82) is 0 Å². The van der Waals surface area contributed by atoms with Crippen LogP contribution in [0.5, 0.6) is 0 Å². The lowest BCUT2D eigenvalue weighted by Crippen LogP contribution is -2.51. The summed E-state index contributed by atoms with van der Waals surface area (Å²) in [5, 5.41) is 5.73. The average molecular weight is 702 g/mol. The molecule has 4 atom stereocenters. The molecule has 0 radical (unpaired) electrons. The maximum absolute atomic E-state index is 15.0. The average Bonchev–Trinajstić information content (AvgIpc) is 3.37. The van der Waals surface area contributed by atoms with Crippen molar-refractivity contribution in [2.24, 2.45) is 5.92 Å². The van der Waals surface area contributed by atoms with Crippen LogP contribution in [0.25, 0.3) is 11.3 Å². The number of alkyl carbamates (subject to hydrolysis) is 1. The monoisotopic (exact) mass is 701 g/mol. The molecule has 5 rings (SSSR count). The highest BCUT2D eigenvalue weighted by Crippen LogP contribution is 2.43. The molecule has 1 aliphatic heterocycles. The third kappa shape index (κ3) is 8.20. The molecule has 2 aromatic heterocycles. The van der Waals surface area contributed by atoms with E-state index >= 15 is 0 Å². The SMILES string of the molecule is CC(=O)OC1CCc2c1ncc(NC(=O)c1ccc(F)c(-c3c(F)cc(S(C)=O)cc3F)n1)c2N1CC(C)CC(NC(=O)OC(C)(C)C)C1. The summed E-state index contributed by atoms with van der Waals surface area (Å²) in [4.78, 5) is 48.6. The van der Waals surface area contributed by atoms with Gasteiger partial charge in [0.2, 0.25) is 0 Å². The summed E-state index contributed by atoms with van der Waals surface area (Å²) >= 11 is 0. The number of fused-ring (bicyclic) bond motifs is 1. The molecule has 15 heteroatoms. The number of aromatic nitrogens is 2. The first-order chi connectivity index (χ1) is 23.0. The van der Waals surface area contributed by atoms with E-state index in [0.29, 0.717) is 43.7 Å². The van der Waals surface area contributed by atoms with E-state index in [2.05, 4.69) is 20.6 Å². The Labute approximate surface area is 284 Å². The number of nitrogens with zero attached hydrogens (tertiary/aromatic N) is 3. The molecule has 11 nitrogen and oxygen atoms in total. The Morgan fingerprint density at radius 3 is 2.39 bits per heavy atom. The number of benzene rings is 1. The van der Waals surface area contributed by atoms with Gasteiger partial charge in [-0.25, -0.2) is 22.9 Å². The summed E-state index contributed by atoms with van der Waals surface area (Å²) in [6.07, 6.45) is 3.15. The number of pyridine rings is 2. The summed E-state index contributed by atoms with van der Waals surface area (Å²) in [5.41, 5.74) is -0.377. The van der Waals surface area contributed by atoms with E-state index in [1.165, 1.54) is 19.4 Å². The van der Waals surface area contributed by atoms with Crippen molar-refractivity contribution >= 4 is 40.1 Å². The van der Waals surface area contributed by atoms with Gasteiger partial charge < -0.3 is 25.0 Å². The smallest absolute Gasteiger partial charge is 0.407 e. The number of hydrogen-bond donors (Lipinski definition) is 2. The van der Waals surface area contributed by atoms with Gasteiger partial charge >= 0.3 is 12.1 Å². The molecule has 262 valence electrons. The van der Waals surface area contributed by atoms with Crippen LogP contribution < -0.4 is 15.5 Å². The molecule has 1 aromatic carbocycles. The van der Waals surface area contributed by atoms with Crippen molar-refractivity contribution in [3.63, 3.8) is 0 Å². The van der Waals surface area contributed by atoms with Gasteiger partial charge in [0.25, 0.3) is 5.91 Å². The number of nitrogens with one attached hydrogen (secondary N) is 2. The quantitative estimate of drug-likeness (QED) is 0.291. The molecule has 2 amide bonds. The van der Waals surface area contributed by atoms with Crippen LogP contribution in [0.1, 0.15) is 75.3 Å². The number of halogens is 3. The van der Waals surface area contributed by atoms with Gasteiger partial charge in [-0.1, -0.05) is 6.92 Å². The second-order valence-corrected chi connectivity index (χ2v) is 14.7. The van der Waals surface area contributed by atoms with Crippen LogP contribution in [0.15, 0.2) is 35.4 Å². The second-order valence-electron chi connectivity index (χ2n) is 13.3. The minimum absolute atomic E-state index is 0.106. The van der Waals surface area contributed by atoms with Gasteiger partial charge in [0.1, 0.15) is 40.5 Å². The summed E-state index contributed by atoms with van der Waals surface area (Å²) < 4.78 is 67.6. The highest BCUT2D eigenvalue weighted by atomic mass is 32.2. The van der Waals surface area contributed by atoms with Crippen LogP contribution in [0.3, 0.4) is 0 Å². The van der Waals surface area contributed by atoms with Gasteiger partial charge in [-0.05, 0) is 70.2 Å². The Bertz CT molecular complexity index is 1810. The molecule has 1 aliphatic carbocycles. The van der Waals surface area contributed by atoms with Gasteiger partial charge in [-0.15, -0.1) is 0 Å². The van der Waals surface area contributed by atoms with Crippen molar-refractivity contribution in [3.05, 3.63) is 64.9 Å². The van der Waals surface area contributed by atoms with Crippen LogP contribution in [0.2, 0.25) is 0 Å². The fourth-order valence-electron chi connectivity index (χ4n) is 6.25. The molecule has 1 fully saturated rings. The number of rotatable bonds is 7.